The quantitative estimate of drug-likeness (QED) is 0.170. The van der Waals surface area contributed by atoms with Crippen molar-refractivity contribution in [2.75, 3.05) is 4.90 Å². The number of fused-ring (bicyclic) bond motifs is 5. The number of rotatable bonds is 6. The number of benzene rings is 9. The normalized spacial score (nSPS) is 14.6. The molecule has 1 aliphatic carbocycles. The maximum Gasteiger partial charge on any atom is 0.0468 e. The van der Waals surface area contributed by atoms with E-state index < -0.39 is 0 Å². The van der Waals surface area contributed by atoms with E-state index in [4.69, 9.17) is 0 Å². The molecule has 9 aromatic carbocycles. The maximum absolute atomic E-state index is 2.38. The molecule has 250 valence electrons. The standard InChI is InChI=1S/C52H37N/c1-52(43-16-3-2-4-17-43)49-20-10-9-18-48(49)51-47(19-11-21-50(51)52)39-27-31-45(32-28-39)53(46-33-26-37-13-6-8-15-41(37)35-46)44-29-24-38(25-30-44)42-23-22-36-12-5-7-14-40(36)34-42/h2-35H,1H3. The summed E-state index contributed by atoms with van der Waals surface area (Å²) in [6.07, 6.45) is 0. The third-order valence-electron chi connectivity index (χ3n) is 11.3. The molecular formula is C52H37N. The van der Waals surface area contributed by atoms with Crippen molar-refractivity contribution in [2.45, 2.75) is 12.3 Å². The smallest absolute Gasteiger partial charge is 0.0468 e. The summed E-state index contributed by atoms with van der Waals surface area (Å²) in [6.45, 7) is 2.38. The molecule has 1 atom stereocenters. The molecule has 0 spiro atoms. The zero-order valence-corrected chi connectivity index (χ0v) is 29.6. The minimum atomic E-state index is -0.227. The Morgan fingerprint density at radius 2 is 0.849 bits per heavy atom. The van der Waals surface area contributed by atoms with Crippen molar-refractivity contribution in [1.82, 2.24) is 0 Å². The van der Waals surface area contributed by atoms with Crippen LogP contribution in [-0.2, 0) is 5.41 Å². The van der Waals surface area contributed by atoms with E-state index >= 15 is 0 Å². The predicted octanol–water partition coefficient (Wildman–Crippen LogP) is 14.1. The third-order valence-corrected chi connectivity index (χ3v) is 11.3. The van der Waals surface area contributed by atoms with Gasteiger partial charge in [-0.05, 0) is 121 Å². The second-order valence-corrected chi connectivity index (χ2v) is 14.3. The van der Waals surface area contributed by atoms with E-state index in [-0.39, 0.29) is 5.41 Å². The van der Waals surface area contributed by atoms with Crippen molar-refractivity contribution >= 4 is 38.6 Å². The van der Waals surface area contributed by atoms with Crippen LogP contribution in [0.3, 0.4) is 0 Å². The van der Waals surface area contributed by atoms with Crippen molar-refractivity contribution in [2.24, 2.45) is 0 Å². The van der Waals surface area contributed by atoms with Crippen molar-refractivity contribution < 1.29 is 0 Å². The van der Waals surface area contributed by atoms with Gasteiger partial charge in [0.25, 0.3) is 0 Å². The van der Waals surface area contributed by atoms with E-state index in [0.717, 1.165) is 17.1 Å². The number of anilines is 3. The molecule has 1 nitrogen and oxygen atoms in total. The van der Waals surface area contributed by atoms with Gasteiger partial charge in [-0.2, -0.15) is 0 Å². The topological polar surface area (TPSA) is 3.24 Å². The molecule has 0 heterocycles. The van der Waals surface area contributed by atoms with Gasteiger partial charge in [-0.3, -0.25) is 0 Å². The third kappa shape index (κ3) is 5.16. The van der Waals surface area contributed by atoms with E-state index in [2.05, 4.69) is 218 Å². The Balaban J connectivity index is 1.07. The Morgan fingerprint density at radius 3 is 1.57 bits per heavy atom. The first-order chi connectivity index (χ1) is 26.1. The lowest BCUT2D eigenvalue weighted by atomic mass is 9.74. The fraction of sp³-hybridized carbons (Fsp3) is 0.0385. The molecule has 0 bridgehead atoms. The Kier molecular flexibility index (Phi) is 7.33. The van der Waals surface area contributed by atoms with Crippen LogP contribution in [0.5, 0.6) is 0 Å². The fourth-order valence-corrected chi connectivity index (χ4v) is 8.59. The molecule has 1 unspecified atom stereocenters. The molecule has 0 aromatic heterocycles. The van der Waals surface area contributed by atoms with Gasteiger partial charge in [-0.15, -0.1) is 0 Å². The van der Waals surface area contributed by atoms with Gasteiger partial charge in [0.2, 0.25) is 0 Å². The van der Waals surface area contributed by atoms with Crippen LogP contribution in [0, 0.1) is 0 Å². The Morgan fingerprint density at radius 1 is 0.340 bits per heavy atom. The average Bonchev–Trinajstić information content (AvgIpc) is 3.50. The molecule has 0 N–H and O–H groups in total. The molecule has 0 saturated heterocycles. The van der Waals surface area contributed by atoms with Gasteiger partial charge in [0.05, 0.1) is 0 Å². The summed E-state index contributed by atoms with van der Waals surface area (Å²) in [5, 5.41) is 4.97. The highest BCUT2D eigenvalue weighted by atomic mass is 15.1. The van der Waals surface area contributed by atoms with Gasteiger partial charge in [0, 0.05) is 22.5 Å². The molecule has 0 fully saturated rings. The van der Waals surface area contributed by atoms with Crippen molar-refractivity contribution in [3.05, 3.63) is 223 Å². The molecule has 1 heteroatoms. The number of nitrogens with zero attached hydrogens (tertiary/aromatic N) is 1. The van der Waals surface area contributed by atoms with Gasteiger partial charge < -0.3 is 4.90 Å². The van der Waals surface area contributed by atoms with Gasteiger partial charge in [0.1, 0.15) is 0 Å². The lowest BCUT2D eigenvalue weighted by Gasteiger charge is -2.28. The zero-order chi connectivity index (χ0) is 35.4. The maximum atomic E-state index is 2.38. The highest BCUT2D eigenvalue weighted by molar-refractivity contribution is 5.95. The van der Waals surface area contributed by atoms with Crippen molar-refractivity contribution in [1.29, 1.82) is 0 Å². The average molecular weight is 676 g/mol. The van der Waals surface area contributed by atoms with Crippen LogP contribution in [0.25, 0.3) is 54.9 Å². The molecular weight excluding hydrogens is 639 g/mol. The summed E-state index contributed by atoms with van der Waals surface area (Å²) in [5.74, 6) is 0. The summed E-state index contributed by atoms with van der Waals surface area (Å²) < 4.78 is 0. The van der Waals surface area contributed by atoms with Gasteiger partial charge in [-0.25, -0.2) is 0 Å². The number of hydrogen-bond acceptors (Lipinski definition) is 1. The SMILES string of the molecule is CC1(c2ccccc2)c2ccccc2-c2c(-c3ccc(N(c4ccc(-c5ccc6ccccc6c5)cc4)c4ccc5ccccc5c4)cc3)cccc21. The van der Waals surface area contributed by atoms with Gasteiger partial charge in [-0.1, -0.05) is 164 Å². The summed E-state index contributed by atoms with van der Waals surface area (Å²) in [7, 11) is 0. The molecule has 0 aliphatic heterocycles. The lowest BCUT2D eigenvalue weighted by molar-refractivity contribution is 0.714. The zero-order valence-electron chi connectivity index (χ0n) is 29.6. The molecule has 0 radical (unpaired) electrons. The van der Waals surface area contributed by atoms with Crippen LogP contribution in [-0.4, -0.2) is 0 Å². The monoisotopic (exact) mass is 675 g/mol. The molecule has 9 aromatic rings. The van der Waals surface area contributed by atoms with Crippen LogP contribution in [0.2, 0.25) is 0 Å². The van der Waals surface area contributed by atoms with Crippen LogP contribution >= 0.6 is 0 Å². The Labute approximate surface area is 311 Å². The minimum absolute atomic E-state index is 0.227. The molecule has 1 aliphatic rings. The van der Waals surface area contributed by atoms with Crippen LogP contribution in [0.4, 0.5) is 17.1 Å². The second-order valence-electron chi connectivity index (χ2n) is 14.3. The minimum Gasteiger partial charge on any atom is -0.310 e. The van der Waals surface area contributed by atoms with Gasteiger partial charge >= 0.3 is 0 Å². The molecule has 10 rings (SSSR count). The van der Waals surface area contributed by atoms with Crippen molar-refractivity contribution in [3.8, 4) is 33.4 Å². The predicted molar refractivity (Wildman–Crippen MR) is 224 cm³/mol. The lowest BCUT2D eigenvalue weighted by Crippen LogP contribution is -2.22. The van der Waals surface area contributed by atoms with E-state index in [0.29, 0.717) is 0 Å². The van der Waals surface area contributed by atoms with Crippen LogP contribution in [0.1, 0.15) is 23.6 Å². The van der Waals surface area contributed by atoms with Gasteiger partial charge in [0.15, 0.2) is 0 Å². The van der Waals surface area contributed by atoms with Crippen LogP contribution in [0.15, 0.2) is 206 Å². The summed E-state index contributed by atoms with van der Waals surface area (Å²) in [4.78, 5) is 2.37. The molecule has 0 amide bonds. The first kappa shape index (κ1) is 31.1. The van der Waals surface area contributed by atoms with E-state index in [9.17, 15) is 0 Å². The Hall–Kier alpha value is -6.70. The highest BCUT2D eigenvalue weighted by Gasteiger charge is 2.41. The van der Waals surface area contributed by atoms with Crippen LogP contribution < -0.4 is 4.90 Å². The van der Waals surface area contributed by atoms with Crippen molar-refractivity contribution in [3.63, 3.8) is 0 Å². The summed E-state index contributed by atoms with van der Waals surface area (Å²) >= 11 is 0. The largest absolute Gasteiger partial charge is 0.310 e. The Bertz CT molecular complexity index is 2780. The van der Waals surface area contributed by atoms with E-state index in [1.807, 2.05) is 0 Å². The molecule has 0 saturated carbocycles. The second kappa shape index (κ2) is 12.5. The van der Waals surface area contributed by atoms with E-state index in [1.165, 1.54) is 71.6 Å². The van der Waals surface area contributed by atoms with E-state index in [1.54, 1.807) is 0 Å². The fourth-order valence-electron chi connectivity index (χ4n) is 8.59. The molecule has 53 heavy (non-hydrogen) atoms. The number of hydrogen-bond donors (Lipinski definition) is 0. The summed E-state index contributed by atoms with van der Waals surface area (Å²) in [5.41, 5.74) is 14.7. The summed E-state index contributed by atoms with van der Waals surface area (Å²) in [6, 6.07) is 75.5. The first-order valence-electron chi connectivity index (χ1n) is 18.4. The first-order valence-corrected chi connectivity index (χ1v) is 18.4. The highest BCUT2D eigenvalue weighted by Crippen LogP contribution is 2.55.